The van der Waals surface area contributed by atoms with E-state index in [1.165, 1.54) is 11.3 Å². The van der Waals surface area contributed by atoms with Crippen LogP contribution in [0, 0.1) is 0 Å². The summed E-state index contributed by atoms with van der Waals surface area (Å²) in [4.78, 5) is 39.9. The van der Waals surface area contributed by atoms with Crippen molar-refractivity contribution in [2.45, 2.75) is 26.4 Å². The number of hydrogen-bond acceptors (Lipinski definition) is 8. The van der Waals surface area contributed by atoms with Crippen LogP contribution in [0.1, 0.15) is 29.1 Å². The van der Waals surface area contributed by atoms with Gasteiger partial charge in [0.05, 0.1) is 29.1 Å². The Morgan fingerprint density at radius 2 is 1.90 bits per heavy atom. The third-order valence-electron chi connectivity index (χ3n) is 6.74. The molecule has 206 valence electrons. The molecule has 0 spiro atoms. The monoisotopic (exact) mass is 556 g/mol. The van der Waals surface area contributed by atoms with Crippen LogP contribution >= 0.6 is 11.3 Å². The number of nitrogens with one attached hydrogen (secondary N) is 2. The largest absolute Gasteiger partial charge is 0.497 e. The third-order valence-corrected chi connectivity index (χ3v) is 7.85. The van der Waals surface area contributed by atoms with Gasteiger partial charge >= 0.3 is 0 Å². The molecule has 2 amide bonds. The quantitative estimate of drug-likeness (QED) is 0.301. The zero-order valence-corrected chi connectivity index (χ0v) is 23.6. The molecule has 10 heteroatoms. The molecule has 40 heavy (non-hydrogen) atoms. The van der Waals surface area contributed by atoms with E-state index < -0.39 is 0 Å². The van der Waals surface area contributed by atoms with Crippen molar-refractivity contribution in [2.24, 2.45) is 0 Å². The minimum absolute atomic E-state index is 0.112. The number of benzene rings is 2. The Morgan fingerprint density at radius 3 is 2.65 bits per heavy atom. The van der Waals surface area contributed by atoms with Crippen molar-refractivity contribution >= 4 is 40.5 Å². The van der Waals surface area contributed by atoms with Crippen LogP contribution in [0.3, 0.4) is 0 Å². The van der Waals surface area contributed by atoms with Crippen molar-refractivity contribution in [1.29, 1.82) is 0 Å². The Kier molecular flexibility index (Phi) is 8.37. The highest BCUT2D eigenvalue weighted by molar-refractivity contribution is 7.17. The molecule has 2 aromatic heterocycles. The van der Waals surface area contributed by atoms with Gasteiger partial charge in [-0.15, -0.1) is 11.3 Å². The third kappa shape index (κ3) is 6.47. The summed E-state index contributed by atoms with van der Waals surface area (Å²) in [6.45, 7) is 6.60. The van der Waals surface area contributed by atoms with Gasteiger partial charge in [0, 0.05) is 43.2 Å². The Hall–Kier alpha value is -4.28. The maximum absolute atomic E-state index is 12.7. The molecular weight excluding hydrogens is 524 g/mol. The molecule has 3 heterocycles. The fraction of sp³-hybridized carbons (Fsp3) is 0.267. The summed E-state index contributed by atoms with van der Waals surface area (Å²) in [6, 6.07) is 21.2. The van der Waals surface area contributed by atoms with E-state index in [0.29, 0.717) is 36.5 Å². The van der Waals surface area contributed by atoms with Gasteiger partial charge in [0.15, 0.2) is 0 Å². The number of aromatic nitrogens is 2. The van der Waals surface area contributed by atoms with E-state index in [1.807, 2.05) is 65.6 Å². The number of piperazine rings is 1. The number of carbonyl (C=O) groups excluding carboxylic acids is 2. The summed E-state index contributed by atoms with van der Waals surface area (Å²) in [5, 5.41) is 6.19. The van der Waals surface area contributed by atoms with Crippen molar-refractivity contribution < 1.29 is 14.3 Å². The number of carbonyl (C=O) groups is 2. The molecule has 2 N–H and O–H groups in total. The molecular formula is C30H32N6O3S. The molecule has 0 unspecified atom stereocenters. The summed E-state index contributed by atoms with van der Waals surface area (Å²) in [5.74, 6) is 1.17. The Morgan fingerprint density at radius 1 is 1.07 bits per heavy atom. The number of rotatable bonds is 9. The second kappa shape index (κ2) is 12.3. The molecule has 9 nitrogen and oxygen atoms in total. The molecule has 1 aliphatic rings. The van der Waals surface area contributed by atoms with E-state index >= 15 is 0 Å². The number of thiophene rings is 1. The molecule has 5 rings (SSSR count). The first-order chi connectivity index (χ1) is 19.4. The average molecular weight is 557 g/mol. The van der Waals surface area contributed by atoms with Gasteiger partial charge < -0.3 is 20.3 Å². The summed E-state index contributed by atoms with van der Waals surface area (Å²) in [5.41, 5.74) is 3.38. The zero-order chi connectivity index (χ0) is 28.1. The van der Waals surface area contributed by atoms with E-state index in [4.69, 9.17) is 4.74 Å². The maximum Gasteiger partial charge on any atom is 0.261 e. The summed E-state index contributed by atoms with van der Waals surface area (Å²) < 4.78 is 5.25. The lowest BCUT2D eigenvalue weighted by atomic mass is 10.2. The van der Waals surface area contributed by atoms with Crippen LogP contribution in [0.2, 0.25) is 0 Å². The minimum atomic E-state index is -0.143. The molecule has 1 fully saturated rings. The minimum Gasteiger partial charge on any atom is -0.497 e. The first-order valence-corrected chi connectivity index (χ1v) is 14.0. The van der Waals surface area contributed by atoms with Crippen LogP contribution < -0.4 is 20.3 Å². The molecule has 0 aliphatic carbocycles. The zero-order valence-electron chi connectivity index (χ0n) is 22.8. The molecule has 0 bridgehead atoms. The summed E-state index contributed by atoms with van der Waals surface area (Å²) in [7, 11) is 1.62. The van der Waals surface area contributed by atoms with Crippen molar-refractivity contribution in [3.8, 4) is 16.3 Å². The highest BCUT2D eigenvalue weighted by atomic mass is 32.1. The van der Waals surface area contributed by atoms with Crippen LogP contribution in [0.15, 0.2) is 72.9 Å². The van der Waals surface area contributed by atoms with Crippen LogP contribution in [-0.4, -0.2) is 59.5 Å². The number of nitrogens with zero attached hydrogens (tertiary/aromatic N) is 4. The van der Waals surface area contributed by atoms with Crippen LogP contribution in [0.4, 0.5) is 17.3 Å². The van der Waals surface area contributed by atoms with E-state index in [0.717, 1.165) is 39.8 Å². The fourth-order valence-corrected chi connectivity index (χ4v) is 5.36. The van der Waals surface area contributed by atoms with E-state index in [-0.39, 0.29) is 11.8 Å². The Bertz CT molecular complexity index is 1490. The van der Waals surface area contributed by atoms with Gasteiger partial charge in [-0.25, -0.2) is 9.97 Å². The standard InChI is InChI=1S/C30H32N6O3S/c1-20(2)35-15-16-36(28(37)19-35)23-9-7-22(8-10-23)33-30-31-14-13-25(34-30)26-11-12-27(40-26)29(38)32-18-21-5-4-6-24(17-21)39-3/h4-14,17,20H,15-16,18-19H2,1-3H3,(H,32,38)(H,31,33,34). The lowest BCUT2D eigenvalue weighted by molar-refractivity contribution is -0.121. The van der Waals surface area contributed by atoms with Gasteiger partial charge in [0.25, 0.3) is 5.91 Å². The number of methoxy groups -OCH3 is 1. The van der Waals surface area contributed by atoms with Gasteiger partial charge in [0.2, 0.25) is 11.9 Å². The molecule has 0 saturated carbocycles. The number of hydrogen-bond donors (Lipinski definition) is 2. The molecule has 1 aliphatic heterocycles. The number of anilines is 3. The predicted molar refractivity (Wildman–Crippen MR) is 158 cm³/mol. The number of amides is 2. The molecule has 0 atom stereocenters. The van der Waals surface area contributed by atoms with Crippen molar-refractivity contribution in [1.82, 2.24) is 20.2 Å². The Balaban J connectivity index is 1.20. The predicted octanol–water partition coefficient (Wildman–Crippen LogP) is 4.94. The fourth-order valence-electron chi connectivity index (χ4n) is 4.46. The molecule has 0 radical (unpaired) electrons. The van der Waals surface area contributed by atoms with Crippen molar-refractivity contribution in [2.75, 3.05) is 37.0 Å². The van der Waals surface area contributed by atoms with Crippen LogP contribution in [0.5, 0.6) is 5.75 Å². The SMILES string of the molecule is COc1cccc(CNC(=O)c2ccc(-c3ccnc(Nc4ccc(N5CCN(C(C)C)CC5=O)cc4)n3)s2)c1. The van der Waals surface area contributed by atoms with Crippen LogP contribution in [-0.2, 0) is 11.3 Å². The smallest absolute Gasteiger partial charge is 0.261 e. The van der Waals surface area contributed by atoms with Gasteiger partial charge in [-0.2, -0.15) is 0 Å². The highest BCUT2D eigenvalue weighted by Crippen LogP contribution is 2.28. The van der Waals surface area contributed by atoms with E-state index in [1.54, 1.807) is 19.4 Å². The number of ether oxygens (including phenoxy) is 1. The maximum atomic E-state index is 12.7. The van der Waals surface area contributed by atoms with Crippen LogP contribution in [0.25, 0.3) is 10.6 Å². The topological polar surface area (TPSA) is 99.7 Å². The summed E-state index contributed by atoms with van der Waals surface area (Å²) in [6.07, 6.45) is 1.69. The second-order valence-corrected chi connectivity index (χ2v) is 10.8. The van der Waals surface area contributed by atoms with Gasteiger partial charge in [0.1, 0.15) is 5.75 Å². The highest BCUT2D eigenvalue weighted by Gasteiger charge is 2.26. The Labute approximate surface area is 237 Å². The average Bonchev–Trinajstić information content (AvgIpc) is 3.47. The summed E-state index contributed by atoms with van der Waals surface area (Å²) >= 11 is 1.38. The van der Waals surface area contributed by atoms with Gasteiger partial charge in [-0.3, -0.25) is 14.5 Å². The lowest BCUT2D eigenvalue weighted by Crippen LogP contribution is -2.52. The van der Waals surface area contributed by atoms with Gasteiger partial charge in [-0.1, -0.05) is 12.1 Å². The molecule has 1 saturated heterocycles. The molecule has 4 aromatic rings. The first-order valence-electron chi connectivity index (χ1n) is 13.2. The lowest BCUT2D eigenvalue weighted by Gasteiger charge is -2.36. The van der Waals surface area contributed by atoms with E-state index in [2.05, 4.69) is 39.3 Å². The second-order valence-electron chi connectivity index (χ2n) is 9.75. The normalized spacial score (nSPS) is 13.9. The molecule has 2 aromatic carbocycles. The van der Waals surface area contributed by atoms with E-state index in [9.17, 15) is 9.59 Å². The first kappa shape index (κ1) is 27.3. The van der Waals surface area contributed by atoms with Gasteiger partial charge in [-0.05, 0) is 74.0 Å². The van der Waals surface area contributed by atoms with Crippen molar-refractivity contribution in [3.63, 3.8) is 0 Å². The van der Waals surface area contributed by atoms with Crippen molar-refractivity contribution in [3.05, 3.63) is 83.4 Å².